The Kier molecular flexibility index (Phi) is 4.09. The van der Waals surface area contributed by atoms with E-state index in [-0.39, 0.29) is 29.0 Å². The average molecular weight is 343 g/mol. The molecule has 2 heterocycles. The first-order valence-corrected chi connectivity index (χ1v) is 9.47. The third-order valence-electron chi connectivity index (χ3n) is 4.76. The van der Waals surface area contributed by atoms with Crippen LogP contribution in [0, 0.1) is 5.41 Å². The van der Waals surface area contributed by atoms with E-state index < -0.39 is 10.0 Å². The minimum Gasteiger partial charge on any atom is -0.479 e. The summed E-state index contributed by atoms with van der Waals surface area (Å²) in [6.07, 6.45) is 4.64. The molecule has 1 saturated carbocycles. The Bertz CT molecular complexity index is 683. The lowest BCUT2D eigenvalue weighted by Crippen LogP contribution is -2.55. The summed E-state index contributed by atoms with van der Waals surface area (Å²) < 4.78 is 35.0. The van der Waals surface area contributed by atoms with Crippen LogP contribution in [0.3, 0.4) is 0 Å². The zero-order chi connectivity index (χ0) is 16.7. The van der Waals surface area contributed by atoms with E-state index in [2.05, 4.69) is 9.88 Å². The summed E-state index contributed by atoms with van der Waals surface area (Å²) in [4.78, 5) is 14.1. The van der Waals surface area contributed by atoms with Gasteiger partial charge in [0, 0.05) is 19.1 Å². The molecule has 8 nitrogen and oxygen atoms in total. The minimum absolute atomic E-state index is 0.0331. The lowest BCUT2D eigenvalue weighted by molar-refractivity contribution is 0.0122. The standard InChI is InChI=1S/C14H21N3O5S/c1-21-12-7-11(22-15-12)13(18)17-5-3-14(4-6-17)8-10(9-14)16-23(2,19)20/h7,10,16H,3-6,8-9H2,1-2H3. The summed E-state index contributed by atoms with van der Waals surface area (Å²) in [5.41, 5.74) is 0.165. The Balaban J connectivity index is 1.52. The van der Waals surface area contributed by atoms with E-state index in [1.165, 1.54) is 19.4 Å². The zero-order valence-corrected chi connectivity index (χ0v) is 14.1. The number of nitrogens with zero attached hydrogens (tertiary/aromatic N) is 2. The normalized spacial score (nSPS) is 21.2. The highest BCUT2D eigenvalue weighted by atomic mass is 32.2. The lowest BCUT2D eigenvalue weighted by Gasteiger charge is -2.52. The maximum absolute atomic E-state index is 12.3. The molecule has 1 amide bonds. The molecule has 0 radical (unpaired) electrons. The highest BCUT2D eigenvalue weighted by Gasteiger charge is 2.47. The summed E-state index contributed by atoms with van der Waals surface area (Å²) in [6, 6.07) is 1.52. The molecule has 128 valence electrons. The number of piperidine rings is 1. The van der Waals surface area contributed by atoms with Crippen molar-refractivity contribution in [2.24, 2.45) is 5.41 Å². The SMILES string of the molecule is COc1cc(C(=O)N2CCC3(CC2)CC(NS(C)(=O)=O)C3)on1. The largest absolute Gasteiger partial charge is 0.479 e. The van der Waals surface area contributed by atoms with Gasteiger partial charge in [-0.3, -0.25) is 4.79 Å². The Morgan fingerprint density at radius 1 is 1.43 bits per heavy atom. The Morgan fingerprint density at radius 2 is 2.09 bits per heavy atom. The van der Waals surface area contributed by atoms with E-state index in [9.17, 15) is 13.2 Å². The summed E-state index contributed by atoms with van der Waals surface area (Å²) in [6.45, 7) is 1.29. The third-order valence-corrected chi connectivity index (χ3v) is 5.52. The van der Waals surface area contributed by atoms with Gasteiger partial charge in [-0.1, -0.05) is 0 Å². The van der Waals surface area contributed by atoms with Gasteiger partial charge in [-0.05, 0) is 36.3 Å². The van der Waals surface area contributed by atoms with Crippen molar-refractivity contribution in [1.29, 1.82) is 0 Å². The van der Waals surface area contributed by atoms with Gasteiger partial charge in [-0.2, -0.15) is 0 Å². The molecule has 3 rings (SSSR count). The Hall–Kier alpha value is -1.61. The lowest BCUT2D eigenvalue weighted by atomic mass is 9.60. The number of amides is 1. The molecule has 1 spiro atoms. The maximum atomic E-state index is 12.3. The van der Waals surface area contributed by atoms with Crippen LogP contribution in [0.5, 0.6) is 5.88 Å². The van der Waals surface area contributed by atoms with E-state index in [1.54, 1.807) is 4.90 Å². The van der Waals surface area contributed by atoms with Gasteiger partial charge in [-0.15, -0.1) is 0 Å². The van der Waals surface area contributed by atoms with Gasteiger partial charge in [0.15, 0.2) is 0 Å². The Morgan fingerprint density at radius 3 is 2.61 bits per heavy atom. The number of hydrogen-bond acceptors (Lipinski definition) is 6. The summed E-state index contributed by atoms with van der Waals surface area (Å²) >= 11 is 0. The van der Waals surface area contributed by atoms with E-state index in [4.69, 9.17) is 9.26 Å². The van der Waals surface area contributed by atoms with Gasteiger partial charge < -0.3 is 14.2 Å². The van der Waals surface area contributed by atoms with Crippen molar-refractivity contribution < 1.29 is 22.5 Å². The van der Waals surface area contributed by atoms with Gasteiger partial charge >= 0.3 is 0 Å². The predicted molar refractivity (Wildman–Crippen MR) is 81.6 cm³/mol. The van der Waals surface area contributed by atoms with E-state index >= 15 is 0 Å². The molecule has 1 aromatic rings. The molecule has 0 atom stereocenters. The number of carbonyl (C=O) groups is 1. The van der Waals surface area contributed by atoms with E-state index in [0.717, 1.165) is 25.7 Å². The van der Waals surface area contributed by atoms with Crippen LogP contribution in [0.1, 0.15) is 36.2 Å². The number of carbonyl (C=O) groups excluding carboxylic acids is 1. The molecule has 23 heavy (non-hydrogen) atoms. The topological polar surface area (TPSA) is 102 Å². The molecule has 2 aliphatic rings. The number of ether oxygens (including phenoxy) is 1. The van der Waals surface area contributed by atoms with E-state index in [1.807, 2.05) is 0 Å². The van der Waals surface area contributed by atoms with Crippen molar-refractivity contribution in [1.82, 2.24) is 14.8 Å². The predicted octanol–water partition coefficient (Wildman–Crippen LogP) is 0.617. The zero-order valence-electron chi connectivity index (χ0n) is 13.2. The summed E-state index contributed by atoms with van der Waals surface area (Å²) in [7, 11) is -1.68. The molecule has 1 aliphatic heterocycles. The third kappa shape index (κ3) is 3.50. The monoisotopic (exact) mass is 343 g/mol. The van der Waals surface area contributed by atoms with Crippen LogP contribution in [0.25, 0.3) is 0 Å². The molecule has 0 aromatic carbocycles. The minimum atomic E-state index is -3.15. The highest BCUT2D eigenvalue weighted by Crippen LogP contribution is 2.49. The smallest absolute Gasteiger partial charge is 0.292 e. The molecule has 0 unspecified atom stereocenters. The molecule has 1 aliphatic carbocycles. The molecule has 0 bridgehead atoms. The van der Waals surface area contributed by atoms with Crippen molar-refractivity contribution in [3.05, 3.63) is 11.8 Å². The van der Waals surface area contributed by atoms with E-state index in [0.29, 0.717) is 13.1 Å². The van der Waals surface area contributed by atoms with Crippen molar-refractivity contribution >= 4 is 15.9 Å². The van der Waals surface area contributed by atoms with Gasteiger partial charge in [0.25, 0.3) is 11.8 Å². The van der Waals surface area contributed by atoms with Gasteiger partial charge in [0.1, 0.15) is 0 Å². The van der Waals surface area contributed by atoms with Crippen molar-refractivity contribution in [3.8, 4) is 5.88 Å². The van der Waals surface area contributed by atoms with Crippen LogP contribution in [-0.2, 0) is 10.0 Å². The second kappa shape index (κ2) is 5.79. The maximum Gasteiger partial charge on any atom is 0.292 e. The molecular formula is C14H21N3O5S. The van der Waals surface area contributed by atoms with Crippen LogP contribution in [0.4, 0.5) is 0 Å². The molecular weight excluding hydrogens is 322 g/mol. The van der Waals surface area contributed by atoms with Crippen molar-refractivity contribution in [3.63, 3.8) is 0 Å². The summed E-state index contributed by atoms with van der Waals surface area (Å²) in [5, 5.41) is 3.64. The highest BCUT2D eigenvalue weighted by molar-refractivity contribution is 7.88. The van der Waals surface area contributed by atoms with Crippen molar-refractivity contribution in [2.45, 2.75) is 31.7 Å². The quantitative estimate of drug-likeness (QED) is 0.860. The van der Waals surface area contributed by atoms with Crippen LogP contribution < -0.4 is 9.46 Å². The fourth-order valence-electron chi connectivity index (χ4n) is 3.58. The second-order valence-corrected chi connectivity index (χ2v) is 8.30. The van der Waals surface area contributed by atoms with Crippen LogP contribution >= 0.6 is 0 Å². The van der Waals surface area contributed by atoms with Crippen LogP contribution in [0.15, 0.2) is 10.6 Å². The average Bonchev–Trinajstić information content (AvgIpc) is 2.93. The number of aromatic nitrogens is 1. The molecule has 9 heteroatoms. The number of hydrogen-bond donors (Lipinski definition) is 1. The molecule has 1 saturated heterocycles. The van der Waals surface area contributed by atoms with Crippen molar-refractivity contribution in [2.75, 3.05) is 26.5 Å². The summed E-state index contributed by atoms with van der Waals surface area (Å²) in [5.74, 6) is 0.291. The first-order valence-electron chi connectivity index (χ1n) is 7.58. The number of methoxy groups -OCH3 is 1. The van der Waals surface area contributed by atoms with Gasteiger partial charge in [-0.25, -0.2) is 13.1 Å². The fourth-order valence-corrected chi connectivity index (χ4v) is 4.35. The van der Waals surface area contributed by atoms with Gasteiger partial charge in [0.05, 0.1) is 19.4 Å². The molecule has 1 N–H and O–H groups in total. The Labute approximate surface area is 135 Å². The number of nitrogens with one attached hydrogen (secondary N) is 1. The fraction of sp³-hybridized carbons (Fsp3) is 0.714. The van der Waals surface area contributed by atoms with Gasteiger partial charge in [0.2, 0.25) is 15.8 Å². The first kappa shape index (κ1) is 16.3. The number of rotatable bonds is 4. The molecule has 2 fully saturated rings. The van der Waals surface area contributed by atoms with Crippen LogP contribution in [0.2, 0.25) is 0 Å². The second-order valence-electron chi connectivity index (χ2n) is 6.52. The first-order chi connectivity index (χ1) is 10.8. The number of sulfonamides is 1. The van der Waals surface area contributed by atoms with Crippen LogP contribution in [-0.4, -0.2) is 56.9 Å². The molecule has 1 aromatic heterocycles. The number of likely N-dealkylation sites (tertiary alicyclic amines) is 1.